The number of rotatable bonds is 3. The van der Waals surface area contributed by atoms with Gasteiger partial charge in [0.1, 0.15) is 16.7 Å². The zero-order chi connectivity index (χ0) is 20.0. The molecule has 5 aromatic rings. The lowest BCUT2D eigenvalue weighted by molar-refractivity contribution is 0.0603. The molecule has 0 radical (unpaired) electrons. The third-order valence-electron chi connectivity index (χ3n) is 4.54. The van der Waals surface area contributed by atoms with Crippen LogP contribution in [0.3, 0.4) is 0 Å². The lowest BCUT2D eigenvalue weighted by atomic mass is 10.1. The van der Waals surface area contributed by atoms with Crippen LogP contribution in [-0.4, -0.2) is 33.1 Å². The Balaban J connectivity index is 1.80. The van der Waals surface area contributed by atoms with E-state index in [1.54, 1.807) is 42.7 Å². The van der Waals surface area contributed by atoms with Gasteiger partial charge in [-0.25, -0.2) is 9.78 Å². The number of furan rings is 1. The molecule has 0 aliphatic rings. The summed E-state index contributed by atoms with van der Waals surface area (Å²) in [4.78, 5) is 18.7. The molecule has 0 saturated heterocycles. The summed E-state index contributed by atoms with van der Waals surface area (Å²) in [6.45, 7) is 0. The van der Waals surface area contributed by atoms with E-state index in [9.17, 15) is 4.79 Å². The molecular weight excluding hydrogens is 392 g/mol. The number of fused-ring (bicyclic) bond motifs is 3. The Labute approximate surface area is 169 Å². The van der Waals surface area contributed by atoms with Crippen molar-refractivity contribution in [2.75, 3.05) is 7.11 Å². The second-order valence-corrected chi connectivity index (χ2v) is 6.76. The number of nitrogens with zero attached hydrogens (tertiary/aromatic N) is 4. The van der Waals surface area contributed by atoms with Gasteiger partial charge in [-0.05, 0) is 48.5 Å². The molecular formula is C21H13ClN4O3. The van der Waals surface area contributed by atoms with Crippen molar-refractivity contribution < 1.29 is 13.9 Å². The van der Waals surface area contributed by atoms with Crippen molar-refractivity contribution in [2.24, 2.45) is 0 Å². The molecule has 3 aromatic heterocycles. The number of carbonyl (C=O) groups is 1. The number of methoxy groups -OCH3 is 1. The molecule has 142 valence electrons. The number of hydrogen-bond donors (Lipinski definition) is 0. The van der Waals surface area contributed by atoms with Gasteiger partial charge >= 0.3 is 5.97 Å². The van der Waals surface area contributed by atoms with E-state index in [1.165, 1.54) is 11.9 Å². The van der Waals surface area contributed by atoms with Crippen LogP contribution in [0.4, 0.5) is 0 Å². The molecule has 0 aliphatic heterocycles. The highest BCUT2D eigenvalue weighted by molar-refractivity contribution is 6.30. The van der Waals surface area contributed by atoms with Gasteiger partial charge in [-0.3, -0.25) is 0 Å². The summed E-state index contributed by atoms with van der Waals surface area (Å²) in [5.41, 5.74) is 3.33. The van der Waals surface area contributed by atoms with E-state index in [0.717, 1.165) is 0 Å². The normalized spacial score (nSPS) is 11.2. The Morgan fingerprint density at radius 3 is 2.69 bits per heavy atom. The molecule has 0 aliphatic carbocycles. The van der Waals surface area contributed by atoms with Crippen molar-refractivity contribution in [3.63, 3.8) is 0 Å². The van der Waals surface area contributed by atoms with Crippen LogP contribution in [-0.2, 0) is 4.74 Å². The van der Waals surface area contributed by atoms with Crippen molar-refractivity contribution >= 4 is 39.5 Å². The summed E-state index contributed by atoms with van der Waals surface area (Å²) in [5.74, 6) is 0.0646. The summed E-state index contributed by atoms with van der Waals surface area (Å²) in [6, 6.07) is 16.0. The zero-order valence-electron chi connectivity index (χ0n) is 15.2. The highest BCUT2D eigenvalue weighted by Crippen LogP contribution is 2.30. The molecule has 7 nitrogen and oxygen atoms in total. The van der Waals surface area contributed by atoms with Gasteiger partial charge in [-0.15, -0.1) is 10.2 Å². The number of aromatic nitrogens is 4. The average Bonchev–Trinajstić information content (AvgIpc) is 3.42. The molecule has 0 N–H and O–H groups in total. The van der Waals surface area contributed by atoms with E-state index in [0.29, 0.717) is 49.7 Å². The molecule has 29 heavy (non-hydrogen) atoms. The molecule has 0 spiro atoms. The molecule has 0 amide bonds. The monoisotopic (exact) mass is 404 g/mol. The zero-order valence-corrected chi connectivity index (χ0v) is 15.9. The van der Waals surface area contributed by atoms with Crippen molar-refractivity contribution in [1.82, 2.24) is 20.0 Å². The van der Waals surface area contributed by atoms with E-state index in [-0.39, 0.29) is 0 Å². The van der Waals surface area contributed by atoms with Gasteiger partial charge in [0.25, 0.3) is 0 Å². The molecule has 5 rings (SSSR count). The highest BCUT2D eigenvalue weighted by Gasteiger charge is 2.20. The van der Waals surface area contributed by atoms with Crippen molar-refractivity contribution in [2.45, 2.75) is 0 Å². The Hall–Kier alpha value is -3.71. The van der Waals surface area contributed by atoms with Crippen molar-refractivity contribution in [3.05, 3.63) is 71.4 Å². The minimum atomic E-state index is -0.491. The SMILES string of the molecule is COC(=O)c1cc(-c2ccco2)nc2ccc3nn(-c4cccc(Cl)c4)nc3c12. The third-order valence-corrected chi connectivity index (χ3v) is 4.78. The fourth-order valence-corrected chi connectivity index (χ4v) is 3.42. The highest BCUT2D eigenvalue weighted by atomic mass is 35.5. The Bertz CT molecular complexity index is 1380. The maximum Gasteiger partial charge on any atom is 0.338 e. The Kier molecular flexibility index (Phi) is 4.03. The number of halogens is 1. The maximum atomic E-state index is 12.6. The quantitative estimate of drug-likeness (QED) is 0.406. The summed E-state index contributed by atoms with van der Waals surface area (Å²) >= 11 is 6.09. The van der Waals surface area contributed by atoms with Crippen molar-refractivity contribution in [3.8, 4) is 17.1 Å². The molecule has 0 atom stereocenters. The van der Waals surface area contributed by atoms with Gasteiger partial charge in [0.15, 0.2) is 5.76 Å². The molecule has 2 aromatic carbocycles. The second-order valence-electron chi connectivity index (χ2n) is 6.32. The van der Waals surface area contributed by atoms with E-state index >= 15 is 0 Å². The van der Waals surface area contributed by atoms with Crippen LogP contribution < -0.4 is 0 Å². The average molecular weight is 405 g/mol. The van der Waals surface area contributed by atoms with Crippen LogP contribution in [0.1, 0.15) is 10.4 Å². The van der Waals surface area contributed by atoms with Gasteiger partial charge in [0.05, 0.1) is 30.1 Å². The summed E-state index contributed by atoms with van der Waals surface area (Å²) < 4.78 is 10.4. The Morgan fingerprint density at radius 2 is 1.93 bits per heavy atom. The molecule has 0 fully saturated rings. The van der Waals surface area contributed by atoms with Crippen LogP contribution in [0.5, 0.6) is 0 Å². The standard InChI is InChI=1S/C21H13ClN4O3/c1-28-21(27)14-11-17(18-6-3-9-29-18)23-15-7-8-16-20(19(14)15)25-26(24-16)13-5-2-4-12(22)10-13/h2-11H,1H3. The van der Waals surface area contributed by atoms with Gasteiger partial charge < -0.3 is 9.15 Å². The fraction of sp³-hybridized carbons (Fsp3) is 0.0476. The first kappa shape index (κ1) is 17.4. The van der Waals surface area contributed by atoms with Crippen LogP contribution in [0.15, 0.2) is 65.3 Å². The molecule has 3 heterocycles. The topological polar surface area (TPSA) is 83.0 Å². The second kappa shape index (κ2) is 6.72. The number of carbonyl (C=O) groups excluding carboxylic acids is 1. The minimum absolute atomic E-state index is 0.340. The number of pyridine rings is 1. The van der Waals surface area contributed by atoms with E-state index in [2.05, 4.69) is 15.2 Å². The van der Waals surface area contributed by atoms with Gasteiger partial charge in [-0.2, -0.15) is 4.80 Å². The molecule has 0 saturated carbocycles. The first-order chi connectivity index (χ1) is 14.1. The summed E-state index contributed by atoms with van der Waals surface area (Å²) in [6.07, 6.45) is 1.55. The fourth-order valence-electron chi connectivity index (χ4n) is 3.24. The van der Waals surface area contributed by atoms with E-state index in [1.807, 2.05) is 18.2 Å². The number of benzene rings is 2. The lowest BCUT2D eigenvalue weighted by Crippen LogP contribution is -2.04. The predicted molar refractivity (Wildman–Crippen MR) is 108 cm³/mol. The number of ether oxygens (including phenoxy) is 1. The number of esters is 1. The minimum Gasteiger partial charge on any atom is -0.465 e. The predicted octanol–water partition coefficient (Wildman–Crippen LogP) is 4.67. The maximum absolute atomic E-state index is 12.6. The summed E-state index contributed by atoms with van der Waals surface area (Å²) in [7, 11) is 1.34. The smallest absolute Gasteiger partial charge is 0.338 e. The van der Waals surface area contributed by atoms with Crippen LogP contribution in [0, 0.1) is 0 Å². The van der Waals surface area contributed by atoms with Gasteiger partial charge in [-0.1, -0.05) is 17.7 Å². The Morgan fingerprint density at radius 1 is 1.07 bits per heavy atom. The summed E-state index contributed by atoms with van der Waals surface area (Å²) in [5, 5.41) is 10.3. The first-order valence-corrected chi connectivity index (χ1v) is 9.11. The number of hydrogen-bond acceptors (Lipinski definition) is 6. The van der Waals surface area contributed by atoms with E-state index in [4.69, 9.17) is 20.8 Å². The molecule has 0 unspecified atom stereocenters. The largest absolute Gasteiger partial charge is 0.465 e. The van der Waals surface area contributed by atoms with Crippen molar-refractivity contribution in [1.29, 1.82) is 0 Å². The van der Waals surface area contributed by atoms with Gasteiger partial charge in [0, 0.05) is 10.4 Å². The molecule has 0 bridgehead atoms. The van der Waals surface area contributed by atoms with Crippen LogP contribution in [0.25, 0.3) is 39.1 Å². The van der Waals surface area contributed by atoms with Crippen LogP contribution in [0.2, 0.25) is 5.02 Å². The first-order valence-electron chi connectivity index (χ1n) is 8.73. The lowest BCUT2D eigenvalue weighted by Gasteiger charge is -2.07. The van der Waals surface area contributed by atoms with Crippen LogP contribution >= 0.6 is 11.6 Å². The van der Waals surface area contributed by atoms with E-state index < -0.39 is 5.97 Å². The van der Waals surface area contributed by atoms with Gasteiger partial charge in [0.2, 0.25) is 0 Å². The third kappa shape index (κ3) is 2.92. The molecule has 8 heteroatoms.